The van der Waals surface area contributed by atoms with Gasteiger partial charge in [0.1, 0.15) is 12.6 Å². The first-order valence-electron chi connectivity index (χ1n) is 10.4. The summed E-state index contributed by atoms with van der Waals surface area (Å²) in [6.07, 6.45) is 5.10. The maximum atomic E-state index is 13.0. The first-order valence-corrected chi connectivity index (χ1v) is 11.4. The summed E-state index contributed by atoms with van der Waals surface area (Å²) in [5.41, 5.74) is 5.94. The van der Waals surface area contributed by atoms with Crippen LogP contribution in [0.4, 0.5) is 11.6 Å². The minimum Gasteiger partial charge on any atom is -0.463 e. The second kappa shape index (κ2) is 10.6. The Labute approximate surface area is 200 Å². The summed E-state index contributed by atoms with van der Waals surface area (Å²) in [7, 11) is 0. The molecule has 0 saturated heterocycles. The van der Waals surface area contributed by atoms with Crippen LogP contribution in [0.2, 0.25) is 0 Å². The molecule has 0 bridgehead atoms. The van der Waals surface area contributed by atoms with Gasteiger partial charge in [-0.25, -0.2) is 15.0 Å². The molecule has 1 atom stereocenters. The number of amides is 1. The second-order valence-electron chi connectivity index (χ2n) is 7.40. The van der Waals surface area contributed by atoms with Gasteiger partial charge in [-0.15, -0.1) is 11.3 Å². The maximum Gasteiger partial charge on any atom is 0.302 e. The number of aromatic nitrogens is 4. The van der Waals surface area contributed by atoms with E-state index in [0.717, 1.165) is 16.8 Å². The first-order chi connectivity index (χ1) is 16.5. The number of ether oxygens (including phenoxy) is 1. The third-order valence-electron chi connectivity index (χ3n) is 4.93. The number of esters is 1. The zero-order chi connectivity index (χ0) is 23.9. The highest BCUT2D eigenvalue weighted by Gasteiger charge is 2.19. The SMILES string of the molecule is CC(=O)OCC(NC(=O)c1ccc(C)c(Nc2nccc(-c3cccnc3)n2)c1)c1cscn1. The Balaban J connectivity index is 1.52. The lowest BCUT2D eigenvalue weighted by molar-refractivity contribution is -0.141. The zero-order valence-corrected chi connectivity index (χ0v) is 19.4. The number of benzene rings is 1. The van der Waals surface area contributed by atoms with Gasteiger partial charge in [0.25, 0.3) is 5.91 Å². The number of rotatable bonds is 8. The Morgan fingerprint density at radius 3 is 2.76 bits per heavy atom. The number of hydrogen-bond acceptors (Lipinski definition) is 9. The van der Waals surface area contributed by atoms with Crippen molar-refractivity contribution in [2.24, 2.45) is 0 Å². The van der Waals surface area contributed by atoms with E-state index < -0.39 is 12.0 Å². The van der Waals surface area contributed by atoms with Gasteiger partial charge in [-0.3, -0.25) is 14.6 Å². The number of carbonyl (C=O) groups is 2. The summed E-state index contributed by atoms with van der Waals surface area (Å²) in [4.78, 5) is 41.5. The molecule has 1 aromatic carbocycles. The van der Waals surface area contributed by atoms with Gasteiger partial charge >= 0.3 is 5.97 Å². The number of nitrogens with one attached hydrogen (secondary N) is 2. The van der Waals surface area contributed by atoms with E-state index >= 15 is 0 Å². The van der Waals surface area contributed by atoms with Crippen LogP contribution in [-0.2, 0) is 9.53 Å². The van der Waals surface area contributed by atoms with Crippen LogP contribution >= 0.6 is 11.3 Å². The molecule has 1 unspecified atom stereocenters. The van der Waals surface area contributed by atoms with Gasteiger partial charge in [0, 0.05) is 47.7 Å². The lowest BCUT2D eigenvalue weighted by atomic mass is 10.1. The predicted molar refractivity (Wildman–Crippen MR) is 129 cm³/mol. The topological polar surface area (TPSA) is 119 Å². The minimum atomic E-state index is -0.556. The van der Waals surface area contributed by atoms with Gasteiger partial charge in [0.2, 0.25) is 5.95 Å². The molecule has 0 fully saturated rings. The predicted octanol–water partition coefficient (Wildman–Crippen LogP) is 4.08. The number of nitrogens with zero attached hydrogens (tertiary/aromatic N) is 4. The molecule has 0 aliphatic carbocycles. The molecule has 10 heteroatoms. The summed E-state index contributed by atoms with van der Waals surface area (Å²) in [5, 5.41) is 7.90. The number of anilines is 2. The Morgan fingerprint density at radius 2 is 2.03 bits per heavy atom. The van der Waals surface area contributed by atoms with Gasteiger partial charge in [0.05, 0.1) is 16.9 Å². The van der Waals surface area contributed by atoms with Crippen molar-refractivity contribution in [1.82, 2.24) is 25.3 Å². The van der Waals surface area contributed by atoms with Crippen LogP contribution in [0.5, 0.6) is 0 Å². The van der Waals surface area contributed by atoms with Crippen molar-refractivity contribution >= 4 is 34.8 Å². The molecule has 3 heterocycles. The fraction of sp³-hybridized carbons (Fsp3) is 0.167. The third-order valence-corrected chi connectivity index (χ3v) is 5.53. The van der Waals surface area contributed by atoms with E-state index in [0.29, 0.717) is 22.9 Å². The standard InChI is InChI=1S/C24H22N6O3S/c1-15-5-6-17(23(32)28-21(12-33-16(2)31)22-13-34-14-27-22)10-20(15)30-24-26-9-7-19(29-24)18-4-3-8-25-11-18/h3-11,13-14,21H,12H2,1-2H3,(H,28,32)(H,26,29,30). The molecule has 4 aromatic rings. The lowest BCUT2D eigenvalue weighted by Crippen LogP contribution is -2.32. The van der Waals surface area contributed by atoms with E-state index in [1.165, 1.54) is 18.3 Å². The normalized spacial score (nSPS) is 11.5. The van der Waals surface area contributed by atoms with E-state index in [2.05, 4.69) is 30.6 Å². The molecule has 0 saturated carbocycles. The van der Waals surface area contributed by atoms with Crippen molar-refractivity contribution in [3.05, 3.63) is 82.7 Å². The summed E-state index contributed by atoms with van der Waals surface area (Å²) in [6, 6.07) is 10.3. The summed E-state index contributed by atoms with van der Waals surface area (Å²) < 4.78 is 5.11. The summed E-state index contributed by atoms with van der Waals surface area (Å²) in [5.74, 6) is -0.347. The van der Waals surface area contributed by atoms with Crippen molar-refractivity contribution in [3.63, 3.8) is 0 Å². The van der Waals surface area contributed by atoms with Crippen LogP contribution in [-0.4, -0.2) is 38.4 Å². The average Bonchev–Trinajstić information content (AvgIpc) is 3.38. The van der Waals surface area contributed by atoms with Crippen molar-refractivity contribution in [2.45, 2.75) is 19.9 Å². The van der Waals surface area contributed by atoms with E-state index in [1.54, 1.807) is 42.3 Å². The molecule has 0 aliphatic rings. The Morgan fingerprint density at radius 1 is 1.15 bits per heavy atom. The third kappa shape index (κ3) is 5.78. The smallest absolute Gasteiger partial charge is 0.302 e. The molecule has 0 spiro atoms. The van der Waals surface area contributed by atoms with Crippen molar-refractivity contribution in [1.29, 1.82) is 0 Å². The highest BCUT2D eigenvalue weighted by Crippen LogP contribution is 2.23. The number of hydrogen-bond donors (Lipinski definition) is 2. The molecule has 172 valence electrons. The Bertz CT molecular complexity index is 1280. The summed E-state index contributed by atoms with van der Waals surface area (Å²) >= 11 is 1.40. The number of aryl methyl sites for hydroxylation is 1. The molecular weight excluding hydrogens is 452 g/mol. The monoisotopic (exact) mass is 474 g/mol. The van der Waals surface area contributed by atoms with Gasteiger partial charge in [0.15, 0.2) is 0 Å². The van der Waals surface area contributed by atoms with Gasteiger partial charge in [-0.1, -0.05) is 6.07 Å². The van der Waals surface area contributed by atoms with Crippen LogP contribution in [0, 0.1) is 6.92 Å². The number of thiazole rings is 1. The van der Waals surface area contributed by atoms with E-state index in [4.69, 9.17) is 4.74 Å². The van der Waals surface area contributed by atoms with Crippen molar-refractivity contribution in [2.75, 3.05) is 11.9 Å². The van der Waals surface area contributed by atoms with Crippen molar-refractivity contribution < 1.29 is 14.3 Å². The first kappa shape index (κ1) is 23.0. The fourth-order valence-corrected chi connectivity index (χ4v) is 3.76. The van der Waals surface area contributed by atoms with E-state index in [-0.39, 0.29) is 12.5 Å². The second-order valence-corrected chi connectivity index (χ2v) is 8.12. The molecule has 3 aromatic heterocycles. The Hall–Kier alpha value is -4.18. The van der Waals surface area contributed by atoms with Crippen LogP contribution in [0.1, 0.15) is 34.6 Å². The maximum absolute atomic E-state index is 13.0. The fourth-order valence-electron chi connectivity index (χ4n) is 3.15. The van der Waals surface area contributed by atoms with Gasteiger partial charge in [-0.2, -0.15) is 0 Å². The zero-order valence-electron chi connectivity index (χ0n) is 18.6. The molecule has 9 nitrogen and oxygen atoms in total. The van der Waals surface area contributed by atoms with Gasteiger partial charge in [-0.05, 0) is 42.8 Å². The summed E-state index contributed by atoms with van der Waals surface area (Å²) in [6.45, 7) is 3.24. The molecule has 34 heavy (non-hydrogen) atoms. The number of carbonyl (C=O) groups excluding carboxylic acids is 2. The number of pyridine rings is 1. The van der Waals surface area contributed by atoms with E-state index in [9.17, 15) is 9.59 Å². The van der Waals surface area contributed by atoms with Crippen molar-refractivity contribution in [3.8, 4) is 11.3 Å². The highest BCUT2D eigenvalue weighted by molar-refractivity contribution is 7.07. The molecule has 0 aliphatic heterocycles. The quantitative estimate of drug-likeness (QED) is 0.367. The molecule has 4 rings (SSSR count). The van der Waals surface area contributed by atoms with Crippen LogP contribution in [0.3, 0.4) is 0 Å². The van der Waals surface area contributed by atoms with Crippen LogP contribution in [0.15, 0.2) is 65.9 Å². The van der Waals surface area contributed by atoms with Crippen LogP contribution < -0.4 is 10.6 Å². The average molecular weight is 475 g/mol. The van der Waals surface area contributed by atoms with Gasteiger partial charge < -0.3 is 15.4 Å². The minimum absolute atomic E-state index is 0.00322. The van der Waals surface area contributed by atoms with Crippen LogP contribution in [0.25, 0.3) is 11.3 Å². The largest absolute Gasteiger partial charge is 0.463 e. The molecule has 1 amide bonds. The molecular formula is C24H22N6O3S. The highest BCUT2D eigenvalue weighted by atomic mass is 32.1. The Kier molecular flexibility index (Phi) is 7.19. The molecule has 2 N–H and O–H groups in total. The van der Waals surface area contributed by atoms with E-state index in [1.807, 2.05) is 30.5 Å². The molecule has 0 radical (unpaired) electrons. The lowest BCUT2D eigenvalue weighted by Gasteiger charge is -2.17.